The van der Waals surface area contributed by atoms with Gasteiger partial charge in [0.2, 0.25) is 0 Å². The molecule has 0 aliphatic heterocycles. The number of benzene rings is 3. The Morgan fingerprint density at radius 2 is 1.63 bits per heavy atom. The molecule has 30 heavy (non-hydrogen) atoms. The van der Waals surface area contributed by atoms with E-state index in [1.807, 2.05) is 0 Å². The van der Waals surface area contributed by atoms with Crippen molar-refractivity contribution in [2.24, 2.45) is 5.10 Å². The van der Waals surface area contributed by atoms with Crippen LogP contribution in [0.4, 0.5) is 10.1 Å². The van der Waals surface area contributed by atoms with Crippen molar-refractivity contribution in [2.75, 3.05) is 10.8 Å². The smallest absolute Gasteiger partial charge is 0.264 e. The van der Waals surface area contributed by atoms with Gasteiger partial charge in [-0.3, -0.25) is 9.10 Å². The minimum absolute atomic E-state index is 0.0795. The van der Waals surface area contributed by atoms with E-state index in [0.29, 0.717) is 16.8 Å². The molecule has 1 amide bonds. The van der Waals surface area contributed by atoms with Gasteiger partial charge >= 0.3 is 0 Å². The van der Waals surface area contributed by atoms with E-state index in [0.717, 1.165) is 4.31 Å². The highest BCUT2D eigenvalue weighted by Crippen LogP contribution is 2.26. The summed E-state index contributed by atoms with van der Waals surface area (Å²) >= 11 is 0. The number of hydrogen-bond acceptors (Lipinski definition) is 4. The molecule has 0 bridgehead atoms. The van der Waals surface area contributed by atoms with Gasteiger partial charge in [0.1, 0.15) is 12.4 Å². The lowest BCUT2D eigenvalue weighted by Crippen LogP contribution is -2.40. The summed E-state index contributed by atoms with van der Waals surface area (Å²) in [6, 6.07) is 20.4. The molecule has 0 radical (unpaired) electrons. The first-order valence-corrected chi connectivity index (χ1v) is 10.5. The number of nitrogens with one attached hydrogen (secondary N) is 1. The van der Waals surface area contributed by atoms with Crippen molar-refractivity contribution >= 4 is 27.8 Å². The van der Waals surface area contributed by atoms with Gasteiger partial charge in [-0.25, -0.2) is 18.2 Å². The molecule has 0 aromatic heterocycles. The maximum Gasteiger partial charge on any atom is 0.264 e. The molecule has 3 aromatic carbocycles. The molecule has 0 aliphatic carbocycles. The van der Waals surface area contributed by atoms with Gasteiger partial charge in [-0.2, -0.15) is 5.10 Å². The van der Waals surface area contributed by atoms with Gasteiger partial charge in [0.15, 0.2) is 0 Å². The summed E-state index contributed by atoms with van der Waals surface area (Å²) in [5.41, 5.74) is 4.02. The van der Waals surface area contributed by atoms with Gasteiger partial charge < -0.3 is 0 Å². The van der Waals surface area contributed by atoms with Crippen molar-refractivity contribution in [3.63, 3.8) is 0 Å². The Balaban J connectivity index is 1.83. The zero-order chi connectivity index (χ0) is 21.6. The van der Waals surface area contributed by atoms with Crippen LogP contribution >= 0.6 is 0 Å². The molecule has 1 N–H and O–H groups in total. The number of hydrazone groups is 1. The van der Waals surface area contributed by atoms with Crippen LogP contribution in [0.1, 0.15) is 11.1 Å². The minimum atomic E-state index is -3.97. The van der Waals surface area contributed by atoms with E-state index in [-0.39, 0.29) is 10.7 Å². The Labute approximate surface area is 174 Å². The van der Waals surface area contributed by atoms with E-state index in [4.69, 9.17) is 0 Å². The average Bonchev–Trinajstić information content (AvgIpc) is 2.75. The van der Waals surface area contributed by atoms with Crippen LogP contribution in [0.3, 0.4) is 0 Å². The Kier molecular flexibility index (Phi) is 6.58. The topological polar surface area (TPSA) is 78.8 Å². The summed E-state index contributed by atoms with van der Waals surface area (Å²) in [4.78, 5) is 12.5. The van der Waals surface area contributed by atoms with Gasteiger partial charge in [-0.05, 0) is 48.4 Å². The molecule has 0 atom stereocenters. The van der Waals surface area contributed by atoms with Crippen LogP contribution < -0.4 is 9.73 Å². The minimum Gasteiger partial charge on any atom is -0.271 e. The van der Waals surface area contributed by atoms with Crippen molar-refractivity contribution in [3.8, 4) is 0 Å². The second-order valence-corrected chi connectivity index (χ2v) is 8.32. The Hall–Kier alpha value is -3.52. The predicted octanol–water partition coefficient (Wildman–Crippen LogP) is 3.48. The van der Waals surface area contributed by atoms with Crippen LogP contribution in [0.2, 0.25) is 0 Å². The van der Waals surface area contributed by atoms with Crippen molar-refractivity contribution in [1.29, 1.82) is 0 Å². The molecule has 0 unspecified atom stereocenters. The highest BCUT2D eigenvalue weighted by molar-refractivity contribution is 7.92. The summed E-state index contributed by atoms with van der Waals surface area (Å²) in [5.74, 6) is -0.993. The molecule has 0 spiro atoms. The number of aryl methyl sites for hydroxylation is 1. The van der Waals surface area contributed by atoms with E-state index in [2.05, 4.69) is 10.5 Å². The van der Waals surface area contributed by atoms with Crippen LogP contribution in [-0.4, -0.2) is 27.1 Å². The molecule has 0 saturated heterocycles. The fourth-order valence-corrected chi connectivity index (χ4v) is 4.26. The van der Waals surface area contributed by atoms with Crippen LogP contribution in [0, 0.1) is 12.7 Å². The lowest BCUT2D eigenvalue weighted by atomic mass is 10.2. The van der Waals surface area contributed by atoms with Crippen LogP contribution in [-0.2, 0) is 14.8 Å². The first-order chi connectivity index (χ1) is 14.4. The number of anilines is 1. The Morgan fingerprint density at radius 3 is 2.30 bits per heavy atom. The molecule has 154 valence electrons. The van der Waals surface area contributed by atoms with Crippen LogP contribution in [0.15, 0.2) is 88.9 Å². The average molecular weight is 425 g/mol. The zero-order valence-electron chi connectivity index (χ0n) is 16.2. The molecule has 0 saturated carbocycles. The number of sulfonamides is 1. The number of rotatable bonds is 7. The molecule has 0 fully saturated rings. The van der Waals surface area contributed by atoms with Gasteiger partial charge in [0, 0.05) is 0 Å². The fraction of sp³-hybridized carbons (Fsp3) is 0.0909. The van der Waals surface area contributed by atoms with Crippen LogP contribution in [0.5, 0.6) is 0 Å². The van der Waals surface area contributed by atoms with Crippen molar-refractivity contribution < 1.29 is 17.6 Å². The normalized spacial score (nSPS) is 11.4. The molecule has 3 aromatic rings. The zero-order valence-corrected chi connectivity index (χ0v) is 17.0. The molecular weight excluding hydrogens is 405 g/mol. The van der Waals surface area contributed by atoms with Gasteiger partial charge in [-0.1, -0.05) is 48.5 Å². The van der Waals surface area contributed by atoms with Crippen molar-refractivity contribution in [2.45, 2.75) is 11.8 Å². The summed E-state index contributed by atoms with van der Waals surface area (Å²) in [5, 5.41) is 3.83. The van der Waals surface area contributed by atoms with Gasteiger partial charge in [-0.15, -0.1) is 0 Å². The number of carbonyl (C=O) groups excluding carboxylic acids is 1. The predicted molar refractivity (Wildman–Crippen MR) is 114 cm³/mol. The van der Waals surface area contributed by atoms with E-state index < -0.39 is 22.5 Å². The summed E-state index contributed by atoms with van der Waals surface area (Å²) in [6.07, 6.45) is 1.35. The standard InChI is InChI=1S/C22H20FN3O3S/c1-17-7-5-6-10-21(17)26(30(28,29)20-8-3-2-4-9-20)16-22(27)25-24-15-18-11-13-19(23)14-12-18/h2-15H,16H2,1H3,(H,25,27)/b24-15+. The van der Waals surface area contributed by atoms with E-state index >= 15 is 0 Å². The fourth-order valence-electron chi connectivity index (χ4n) is 2.76. The maximum absolute atomic E-state index is 13.2. The monoisotopic (exact) mass is 425 g/mol. The molecule has 0 heterocycles. The Bertz CT molecular complexity index is 1150. The third-order valence-corrected chi connectivity index (χ3v) is 6.05. The first kappa shape index (κ1) is 21.2. The molecule has 3 rings (SSSR count). The molecule has 6 nitrogen and oxygen atoms in total. The number of halogens is 1. The second kappa shape index (κ2) is 9.32. The molecule has 0 aliphatic rings. The van der Waals surface area contributed by atoms with Gasteiger partial charge in [0.05, 0.1) is 16.8 Å². The number of hydrogen-bond donors (Lipinski definition) is 1. The van der Waals surface area contributed by atoms with Gasteiger partial charge in [0.25, 0.3) is 15.9 Å². The lowest BCUT2D eigenvalue weighted by molar-refractivity contribution is -0.119. The highest BCUT2D eigenvalue weighted by atomic mass is 32.2. The number of para-hydroxylation sites is 1. The van der Waals surface area contributed by atoms with E-state index in [1.54, 1.807) is 49.4 Å². The lowest BCUT2D eigenvalue weighted by Gasteiger charge is -2.25. The van der Waals surface area contributed by atoms with Crippen LogP contribution in [0.25, 0.3) is 0 Å². The summed E-state index contributed by atoms with van der Waals surface area (Å²) in [6.45, 7) is 1.32. The number of amides is 1. The third kappa shape index (κ3) is 5.09. The Morgan fingerprint density at radius 1 is 1.00 bits per heavy atom. The molecular formula is C22H20FN3O3S. The van der Waals surface area contributed by atoms with Crippen molar-refractivity contribution in [1.82, 2.24) is 5.43 Å². The summed E-state index contributed by atoms with van der Waals surface area (Å²) in [7, 11) is -3.97. The second-order valence-electron chi connectivity index (χ2n) is 6.46. The first-order valence-electron chi connectivity index (χ1n) is 9.09. The quantitative estimate of drug-likeness (QED) is 0.465. The number of nitrogens with zero attached hydrogens (tertiary/aromatic N) is 2. The largest absolute Gasteiger partial charge is 0.271 e. The maximum atomic E-state index is 13.2. The highest BCUT2D eigenvalue weighted by Gasteiger charge is 2.27. The van der Waals surface area contributed by atoms with Crippen molar-refractivity contribution in [3.05, 3.63) is 95.8 Å². The third-order valence-electron chi connectivity index (χ3n) is 4.28. The van der Waals surface area contributed by atoms with E-state index in [9.17, 15) is 17.6 Å². The SMILES string of the molecule is Cc1ccccc1N(CC(=O)N/N=C/c1ccc(F)cc1)S(=O)(=O)c1ccccc1. The number of carbonyl (C=O) groups is 1. The van der Waals surface area contributed by atoms with E-state index in [1.165, 1.54) is 42.6 Å². The summed E-state index contributed by atoms with van der Waals surface area (Å²) < 4.78 is 40.4. The molecule has 8 heteroatoms.